The van der Waals surface area contributed by atoms with Gasteiger partial charge < -0.3 is 9.47 Å². The first kappa shape index (κ1) is 28.8. The number of amides is 2. The summed E-state index contributed by atoms with van der Waals surface area (Å²) in [6.07, 6.45) is 11.2. The molecule has 0 radical (unpaired) electrons. The fourth-order valence-corrected chi connectivity index (χ4v) is 4.34. The monoisotopic (exact) mass is 453 g/mol. The van der Waals surface area contributed by atoms with Crippen LogP contribution in [-0.2, 0) is 23.9 Å². The number of Topliss-reactive ketones (excluding diaryl/α,β-unsaturated/α-hetero) is 1. The molecule has 186 valence electrons. The normalized spacial score (nSPS) is 18.4. The molecule has 3 atom stereocenters. The van der Waals surface area contributed by atoms with Crippen LogP contribution in [0.4, 0.5) is 0 Å². The smallest absolute Gasteiger partial charge is 0.233 e. The van der Waals surface area contributed by atoms with Crippen LogP contribution in [0.2, 0.25) is 0 Å². The number of hydrogen-bond donors (Lipinski definition) is 0. The van der Waals surface area contributed by atoms with Crippen molar-refractivity contribution in [3.8, 4) is 0 Å². The Labute approximate surface area is 195 Å². The second-order valence-electron chi connectivity index (χ2n) is 9.27. The fourth-order valence-electron chi connectivity index (χ4n) is 4.34. The topological polar surface area (TPSA) is 72.9 Å². The number of nitrogens with zero attached hydrogens (tertiary/aromatic N) is 1. The fraction of sp³-hybridized carbons (Fsp3) is 0.885. The Bertz CT molecular complexity index is 550. The molecule has 0 aliphatic carbocycles. The van der Waals surface area contributed by atoms with Crippen LogP contribution in [0.25, 0.3) is 0 Å². The molecule has 1 rings (SSSR count). The van der Waals surface area contributed by atoms with Crippen molar-refractivity contribution in [1.29, 1.82) is 0 Å². The first-order valence-electron chi connectivity index (χ1n) is 13.0. The Kier molecular flexibility index (Phi) is 15.5. The molecule has 2 amide bonds. The zero-order valence-corrected chi connectivity index (χ0v) is 21.0. The Balaban J connectivity index is 2.30. The highest BCUT2D eigenvalue weighted by Crippen LogP contribution is 2.33. The molecule has 1 fully saturated rings. The predicted molar refractivity (Wildman–Crippen MR) is 127 cm³/mol. The van der Waals surface area contributed by atoms with Crippen molar-refractivity contribution in [1.82, 2.24) is 4.90 Å². The molecule has 0 aromatic carbocycles. The minimum atomic E-state index is -0.157. The molecular formula is C26H47NO5. The van der Waals surface area contributed by atoms with Gasteiger partial charge in [-0.25, -0.2) is 0 Å². The van der Waals surface area contributed by atoms with Gasteiger partial charge in [0.2, 0.25) is 11.8 Å². The van der Waals surface area contributed by atoms with E-state index in [0.29, 0.717) is 38.7 Å². The third-order valence-corrected chi connectivity index (χ3v) is 6.57. The second kappa shape index (κ2) is 17.2. The van der Waals surface area contributed by atoms with Crippen molar-refractivity contribution >= 4 is 17.6 Å². The van der Waals surface area contributed by atoms with Gasteiger partial charge in [0, 0.05) is 12.3 Å². The molecule has 6 nitrogen and oxygen atoms in total. The summed E-state index contributed by atoms with van der Waals surface area (Å²) in [5, 5.41) is 0. The molecular weight excluding hydrogens is 406 g/mol. The minimum Gasteiger partial charge on any atom is -0.377 e. The molecule has 0 saturated carbocycles. The highest BCUT2D eigenvalue weighted by molar-refractivity contribution is 6.03. The number of ether oxygens (including phenoxy) is 2. The predicted octanol–water partition coefficient (Wildman–Crippen LogP) is 5.18. The zero-order chi connectivity index (χ0) is 23.8. The number of rotatable bonds is 20. The maximum absolute atomic E-state index is 12.9. The van der Waals surface area contributed by atoms with E-state index >= 15 is 0 Å². The quantitative estimate of drug-likeness (QED) is 0.188. The maximum atomic E-state index is 12.9. The largest absolute Gasteiger partial charge is 0.377 e. The molecule has 1 heterocycles. The molecule has 0 aromatic heterocycles. The van der Waals surface area contributed by atoms with E-state index in [1.807, 2.05) is 6.92 Å². The van der Waals surface area contributed by atoms with E-state index in [0.717, 1.165) is 57.8 Å². The van der Waals surface area contributed by atoms with Gasteiger partial charge in [0.25, 0.3) is 0 Å². The summed E-state index contributed by atoms with van der Waals surface area (Å²) in [4.78, 5) is 38.8. The summed E-state index contributed by atoms with van der Waals surface area (Å²) < 4.78 is 11.0. The third-order valence-electron chi connectivity index (χ3n) is 6.57. The Morgan fingerprint density at radius 2 is 1.53 bits per heavy atom. The summed E-state index contributed by atoms with van der Waals surface area (Å²) >= 11 is 0. The minimum absolute atomic E-state index is 0.0147. The third kappa shape index (κ3) is 10.6. The molecule has 6 heteroatoms. The van der Waals surface area contributed by atoms with E-state index in [1.54, 1.807) is 0 Å². The molecule has 3 unspecified atom stereocenters. The number of carbonyl (C=O) groups is 3. The van der Waals surface area contributed by atoms with Gasteiger partial charge in [-0.2, -0.15) is 0 Å². The summed E-state index contributed by atoms with van der Waals surface area (Å²) in [6.45, 7) is 9.85. The van der Waals surface area contributed by atoms with E-state index in [2.05, 4.69) is 20.8 Å². The Morgan fingerprint density at radius 1 is 0.906 bits per heavy atom. The zero-order valence-electron chi connectivity index (χ0n) is 21.0. The van der Waals surface area contributed by atoms with E-state index in [-0.39, 0.29) is 36.0 Å². The standard InChI is InChI=1S/C26H47NO5/c1-5-8-11-14-22(13-10-7-3)23-19-25(29)27(26(23)30)15-16-31-17-18-32-20-24(28)21(4)12-9-6-2/h21-23H,5-20H2,1-4H3. The second-order valence-corrected chi connectivity index (χ2v) is 9.27. The molecule has 0 spiro atoms. The van der Waals surface area contributed by atoms with E-state index in [9.17, 15) is 14.4 Å². The van der Waals surface area contributed by atoms with Gasteiger partial charge in [0.1, 0.15) is 6.61 Å². The van der Waals surface area contributed by atoms with Crippen molar-refractivity contribution < 1.29 is 23.9 Å². The lowest BCUT2D eigenvalue weighted by Gasteiger charge is -2.22. The highest BCUT2D eigenvalue weighted by Gasteiger charge is 2.41. The number of ketones is 1. The lowest BCUT2D eigenvalue weighted by molar-refractivity contribution is -0.141. The van der Waals surface area contributed by atoms with E-state index < -0.39 is 0 Å². The van der Waals surface area contributed by atoms with Gasteiger partial charge >= 0.3 is 0 Å². The van der Waals surface area contributed by atoms with Crippen LogP contribution in [0.15, 0.2) is 0 Å². The first-order valence-corrected chi connectivity index (χ1v) is 13.0. The molecule has 0 bridgehead atoms. The van der Waals surface area contributed by atoms with E-state index in [1.165, 1.54) is 11.3 Å². The van der Waals surface area contributed by atoms with Crippen LogP contribution in [-0.4, -0.2) is 55.5 Å². The molecule has 1 aliphatic heterocycles. The van der Waals surface area contributed by atoms with Crippen molar-refractivity contribution in [3.63, 3.8) is 0 Å². The van der Waals surface area contributed by atoms with Gasteiger partial charge in [-0.3, -0.25) is 19.3 Å². The highest BCUT2D eigenvalue weighted by atomic mass is 16.5. The number of imide groups is 1. The number of likely N-dealkylation sites (tertiary alicyclic amines) is 1. The SMILES string of the molecule is CCCCCC(CCCC)C1CC(=O)N(CCOCCOCC(=O)C(C)CCCC)C1=O. The van der Waals surface area contributed by atoms with Crippen molar-refractivity contribution in [3.05, 3.63) is 0 Å². The average molecular weight is 454 g/mol. The van der Waals surface area contributed by atoms with Crippen LogP contribution in [0.5, 0.6) is 0 Å². The van der Waals surface area contributed by atoms with Crippen LogP contribution in [0.1, 0.15) is 98.3 Å². The van der Waals surface area contributed by atoms with Crippen molar-refractivity contribution in [2.75, 3.05) is 33.0 Å². The number of carbonyl (C=O) groups excluding carboxylic acids is 3. The average Bonchev–Trinajstić information content (AvgIpc) is 3.06. The van der Waals surface area contributed by atoms with Crippen LogP contribution >= 0.6 is 0 Å². The van der Waals surface area contributed by atoms with Gasteiger partial charge in [0.15, 0.2) is 5.78 Å². The van der Waals surface area contributed by atoms with Crippen molar-refractivity contribution in [2.45, 2.75) is 98.3 Å². The number of hydrogen-bond acceptors (Lipinski definition) is 5. The molecule has 0 N–H and O–H groups in total. The van der Waals surface area contributed by atoms with Gasteiger partial charge in [-0.05, 0) is 25.2 Å². The Hall–Kier alpha value is -1.27. The van der Waals surface area contributed by atoms with Crippen molar-refractivity contribution in [2.24, 2.45) is 17.8 Å². The molecule has 1 saturated heterocycles. The molecule has 1 aliphatic rings. The van der Waals surface area contributed by atoms with Crippen LogP contribution < -0.4 is 0 Å². The van der Waals surface area contributed by atoms with Gasteiger partial charge in [0.05, 0.1) is 32.3 Å². The summed E-state index contributed by atoms with van der Waals surface area (Å²) in [7, 11) is 0. The van der Waals surface area contributed by atoms with Crippen LogP contribution in [0.3, 0.4) is 0 Å². The summed E-state index contributed by atoms with van der Waals surface area (Å²) in [5.74, 6) is 0.250. The molecule has 0 aromatic rings. The summed E-state index contributed by atoms with van der Waals surface area (Å²) in [5.41, 5.74) is 0. The van der Waals surface area contributed by atoms with Crippen LogP contribution in [0, 0.1) is 17.8 Å². The lowest BCUT2D eigenvalue weighted by atomic mass is 9.83. The summed E-state index contributed by atoms with van der Waals surface area (Å²) in [6, 6.07) is 0. The van der Waals surface area contributed by atoms with E-state index in [4.69, 9.17) is 9.47 Å². The van der Waals surface area contributed by atoms with Gasteiger partial charge in [-0.1, -0.05) is 72.6 Å². The lowest BCUT2D eigenvalue weighted by Crippen LogP contribution is -2.35. The Morgan fingerprint density at radius 3 is 2.22 bits per heavy atom. The maximum Gasteiger partial charge on any atom is 0.233 e. The molecule has 32 heavy (non-hydrogen) atoms. The van der Waals surface area contributed by atoms with Gasteiger partial charge in [-0.15, -0.1) is 0 Å². The number of unbranched alkanes of at least 4 members (excludes halogenated alkanes) is 4. The first-order chi connectivity index (χ1) is 15.5.